The number of rotatable bonds is 16. The summed E-state index contributed by atoms with van der Waals surface area (Å²) in [4.78, 5) is 27.7. The van der Waals surface area contributed by atoms with E-state index >= 15 is 0 Å². The normalized spacial score (nSPS) is 40.6. The number of cyclic esters (lactones) is 2. The van der Waals surface area contributed by atoms with Gasteiger partial charge in [-0.2, -0.15) is 0 Å². The van der Waals surface area contributed by atoms with Gasteiger partial charge in [0.1, 0.15) is 12.2 Å². The van der Waals surface area contributed by atoms with E-state index < -0.39 is 127 Å². The Morgan fingerprint density at radius 3 is 1.33 bits per heavy atom. The Labute approximate surface area is 581 Å². The molecule has 2 fully saturated rings. The van der Waals surface area contributed by atoms with Crippen LogP contribution in [0.5, 0.6) is 0 Å². The molecule has 5 aliphatic heterocycles. The molecule has 29 atom stereocenters. The minimum Gasteiger partial charge on any atom is -0.459 e. The number of fused-ring (bicyclic) bond motifs is 4. The molecule has 97 heavy (non-hydrogen) atoms. The SMILES string of the molecule is CO[C@H]1CC(CC[C@H](C)[C@H](O)[C@H](C)[C@@H]2C[C@H](O)C[C@H](O)[C@@H](C)[C@H](OC)C[C@@H]3CC=C[C@H](C[C@@H](O)C/C=C(C)/C=C/C(=O)O[C@H]([C@@H](C)[C@@H](O)[C@@H](C)CC[C@H]4C[C@H](OC)C[C@H](C)O4)[C@@H](C)[C@H](O)C[C@H](O)[C@@H](C)[C@H](OC)C[C@@H]4CC=C[C@H](C[C@@H](O)C/C=C(C)/C=C/C(=O)O2)O4)O3)O[C@@H](C)C1. The lowest BCUT2D eigenvalue weighted by atomic mass is 9.78. The number of aliphatic hydroxyl groups is 8. The van der Waals surface area contributed by atoms with Crippen LogP contribution in [-0.2, 0) is 57.0 Å². The number of carbonyl (C=O) groups is 2. The van der Waals surface area contributed by atoms with Gasteiger partial charge in [-0.05, 0) is 129 Å². The van der Waals surface area contributed by atoms with Gasteiger partial charge in [-0.25, -0.2) is 9.59 Å². The molecule has 8 N–H and O–H groups in total. The van der Waals surface area contributed by atoms with E-state index in [9.17, 15) is 50.4 Å². The molecule has 4 bridgehead atoms. The second-order valence-electron chi connectivity index (χ2n) is 29.9. The van der Waals surface area contributed by atoms with Gasteiger partial charge in [0.25, 0.3) is 0 Å². The van der Waals surface area contributed by atoms with Crippen LogP contribution in [0, 0.1) is 41.4 Å². The number of ether oxygens (including phenoxy) is 10. The van der Waals surface area contributed by atoms with Crippen LogP contribution in [0.1, 0.15) is 198 Å². The van der Waals surface area contributed by atoms with Gasteiger partial charge in [-0.1, -0.05) is 108 Å². The molecule has 0 aliphatic carbocycles. The fraction of sp³-hybridized carbons (Fsp3) is 0.818. The number of hydrogen-bond acceptors (Lipinski definition) is 20. The Morgan fingerprint density at radius 2 is 0.887 bits per heavy atom. The van der Waals surface area contributed by atoms with Gasteiger partial charge in [0, 0.05) is 102 Å². The van der Waals surface area contributed by atoms with Crippen LogP contribution < -0.4 is 0 Å². The second kappa shape index (κ2) is 43.0. The maximum atomic E-state index is 13.9. The molecule has 20 heteroatoms. The van der Waals surface area contributed by atoms with E-state index in [0.29, 0.717) is 62.5 Å². The number of allylic oxidation sites excluding steroid dienone is 4. The summed E-state index contributed by atoms with van der Waals surface area (Å²) < 4.78 is 61.1. The van der Waals surface area contributed by atoms with Crippen molar-refractivity contribution in [1.29, 1.82) is 0 Å². The Morgan fingerprint density at radius 1 is 0.464 bits per heavy atom. The molecule has 5 aliphatic rings. The van der Waals surface area contributed by atoms with E-state index in [4.69, 9.17) is 47.4 Å². The van der Waals surface area contributed by atoms with Gasteiger partial charge < -0.3 is 88.2 Å². The molecule has 5 rings (SSSR count). The van der Waals surface area contributed by atoms with Crippen molar-refractivity contribution in [1.82, 2.24) is 0 Å². The molecule has 0 saturated carbocycles. The number of hydrogen-bond donors (Lipinski definition) is 8. The van der Waals surface area contributed by atoms with Crippen molar-refractivity contribution in [2.45, 2.75) is 332 Å². The fourth-order valence-corrected chi connectivity index (χ4v) is 15.0. The van der Waals surface area contributed by atoms with Crippen molar-refractivity contribution < 1.29 is 97.8 Å². The molecular weight excluding hydrogens is 1240 g/mol. The molecule has 0 aromatic rings. The highest BCUT2D eigenvalue weighted by Gasteiger charge is 2.41. The minimum atomic E-state index is -1.16. The van der Waals surface area contributed by atoms with Gasteiger partial charge in [0.05, 0.1) is 122 Å². The summed E-state index contributed by atoms with van der Waals surface area (Å²) in [6.45, 7) is 20.7. The number of methoxy groups -OCH3 is 4. The molecule has 1 unspecified atom stereocenters. The van der Waals surface area contributed by atoms with Gasteiger partial charge >= 0.3 is 11.9 Å². The topological polar surface area (TPSA) is 288 Å². The van der Waals surface area contributed by atoms with E-state index in [0.717, 1.165) is 25.7 Å². The molecule has 0 spiro atoms. The summed E-state index contributed by atoms with van der Waals surface area (Å²) >= 11 is 0. The van der Waals surface area contributed by atoms with Crippen LogP contribution in [0.3, 0.4) is 0 Å². The lowest BCUT2D eigenvalue weighted by Gasteiger charge is -2.38. The van der Waals surface area contributed by atoms with Gasteiger partial charge in [-0.3, -0.25) is 0 Å². The van der Waals surface area contributed by atoms with Crippen LogP contribution in [0.25, 0.3) is 0 Å². The first-order chi connectivity index (χ1) is 46.0. The largest absolute Gasteiger partial charge is 0.459 e. The number of carbonyl (C=O) groups excluding carboxylic acids is 2. The van der Waals surface area contributed by atoms with E-state index in [2.05, 4.69) is 0 Å². The van der Waals surface area contributed by atoms with Crippen molar-refractivity contribution in [2.75, 3.05) is 28.4 Å². The molecule has 0 aromatic carbocycles. The highest BCUT2D eigenvalue weighted by atomic mass is 16.6. The molecule has 0 aromatic heterocycles. The van der Waals surface area contributed by atoms with Gasteiger partial charge in [0.2, 0.25) is 0 Å². The maximum absolute atomic E-state index is 13.9. The third-order valence-corrected chi connectivity index (χ3v) is 21.8. The maximum Gasteiger partial charge on any atom is 0.331 e. The van der Waals surface area contributed by atoms with Crippen molar-refractivity contribution >= 4 is 11.9 Å². The first-order valence-electron chi connectivity index (χ1n) is 36.6. The summed E-state index contributed by atoms with van der Waals surface area (Å²) in [5.74, 6) is -4.71. The number of aliphatic hydroxyl groups excluding tert-OH is 8. The predicted molar refractivity (Wildman–Crippen MR) is 373 cm³/mol. The molecule has 5 heterocycles. The molecular formula is C77H130O20. The predicted octanol–water partition coefficient (Wildman–Crippen LogP) is 9.86. The zero-order chi connectivity index (χ0) is 71.6. The standard InChI is InChI=1S/C77H130O20/c1-45-22-28-56(78)36-60-19-17-21-62(95-60)43-71(91-15)52(8)68(82)44-69(83)53(9)77(55(11)76(87)48(4)27-31-64-41-66(89-13)35-50(6)93-64)97-74(85)33-25-46(2)23-29-57(79)37-59-18-16-20-61(94-59)42-70(90-14)51(7)67(81)38-58(80)39-72(96-73(84)32-24-45)54(10)75(86)47(3)26-30-63-40-65(88-12)34-49(5)92-63/h16-19,22-25,32-33,47-72,75-83,86-87H,20-21,26-31,34-44H2,1-15H3/b32-24+,33-25+,45-22+,46-23+/t47-,48-,49-,50-,51+,52+,53-,54+,55-,56-,57-,58+,59+,60+,61-,62-,63?,64-,65+,66+,67-,68-,69+,70+,71+,72-,75-,76-,77-/m0/s1. The Balaban J connectivity index is 1.35. The molecule has 558 valence electrons. The second-order valence-corrected chi connectivity index (χ2v) is 29.9. The third-order valence-electron chi connectivity index (χ3n) is 21.8. The lowest BCUT2D eigenvalue weighted by molar-refractivity contribution is -0.157. The van der Waals surface area contributed by atoms with Crippen LogP contribution in [-0.4, -0.2) is 216 Å². The van der Waals surface area contributed by atoms with Gasteiger partial charge in [-0.15, -0.1) is 0 Å². The molecule has 20 nitrogen and oxygen atoms in total. The van der Waals surface area contributed by atoms with Crippen LogP contribution in [0.2, 0.25) is 0 Å². The smallest absolute Gasteiger partial charge is 0.331 e. The zero-order valence-corrected chi connectivity index (χ0v) is 61.4. The highest BCUT2D eigenvalue weighted by molar-refractivity contribution is 5.83. The summed E-state index contributed by atoms with van der Waals surface area (Å²) in [6, 6.07) is 0. The first kappa shape index (κ1) is 84.4. The van der Waals surface area contributed by atoms with E-state index in [1.54, 1.807) is 47.5 Å². The van der Waals surface area contributed by atoms with E-state index in [-0.39, 0.29) is 106 Å². The fourth-order valence-electron chi connectivity index (χ4n) is 15.0. The third kappa shape index (κ3) is 28.8. The summed E-state index contributed by atoms with van der Waals surface area (Å²) in [7, 11) is 6.58. The highest BCUT2D eigenvalue weighted by Crippen LogP contribution is 2.36. The monoisotopic (exact) mass is 1370 g/mol. The van der Waals surface area contributed by atoms with Crippen molar-refractivity contribution in [3.8, 4) is 0 Å². The Kier molecular flexibility index (Phi) is 37.4. The first-order valence-corrected chi connectivity index (χ1v) is 36.6. The zero-order valence-electron chi connectivity index (χ0n) is 61.4. The Bertz CT molecular complexity index is 2450. The summed E-state index contributed by atoms with van der Waals surface area (Å²) in [5.41, 5.74) is 1.39. The summed E-state index contributed by atoms with van der Waals surface area (Å²) in [6.07, 6.45) is 14.2. The van der Waals surface area contributed by atoms with Crippen LogP contribution in [0.15, 0.2) is 71.9 Å². The quantitative estimate of drug-likeness (QED) is 0.0527. The van der Waals surface area contributed by atoms with E-state index in [1.807, 2.05) is 106 Å². The van der Waals surface area contributed by atoms with Crippen LogP contribution in [0.4, 0.5) is 0 Å². The van der Waals surface area contributed by atoms with Crippen LogP contribution >= 0.6 is 0 Å². The van der Waals surface area contributed by atoms with Crippen molar-refractivity contribution in [3.05, 3.63) is 71.9 Å². The number of esters is 2. The molecule has 0 amide bonds. The van der Waals surface area contributed by atoms with Crippen molar-refractivity contribution in [2.24, 2.45) is 41.4 Å². The van der Waals surface area contributed by atoms with E-state index in [1.165, 1.54) is 12.2 Å². The Hall–Kier alpha value is -3.26. The average molecular weight is 1380 g/mol. The lowest BCUT2D eigenvalue weighted by Crippen LogP contribution is -2.45. The minimum absolute atomic E-state index is 0.0237. The molecule has 0 radical (unpaired) electrons. The molecule has 2 saturated heterocycles. The van der Waals surface area contributed by atoms with Gasteiger partial charge in [0.15, 0.2) is 0 Å². The summed E-state index contributed by atoms with van der Waals surface area (Å²) in [5, 5.41) is 93.8. The van der Waals surface area contributed by atoms with Crippen molar-refractivity contribution in [3.63, 3.8) is 0 Å². The average Bonchev–Trinajstić information content (AvgIpc) is 1.23.